The van der Waals surface area contributed by atoms with E-state index >= 15 is 0 Å². The van der Waals surface area contributed by atoms with Gasteiger partial charge in [-0.2, -0.15) is 0 Å². The maximum atomic E-state index is 14.9. The van der Waals surface area contributed by atoms with Crippen molar-refractivity contribution in [1.82, 2.24) is 88.7 Å². The van der Waals surface area contributed by atoms with E-state index in [1.54, 1.807) is 52.0 Å². The zero-order valence-electron chi connectivity index (χ0n) is 60.7. The van der Waals surface area contributed by atoms with Crippen molar-refractivity contribution in [3.63, 3.8) is 0 Å². The Morgan fingerprint density at radius 3 is 1.69 bits per heavy atom. The zero-order chi connectivity index (χ0) is 80.1. The third kappa shape index (κ3) is 29.3. The Hall–Kier alpha value is -10.9. The zero-order valence-corrected chi connectivity index (χ0v) is 62.3. The molecule has 27 N–H and O–H groups in total. The second kappa shape index (κ2) is 44.4. The molecule has 1 aliphatic rings. The van der Waals surface area contributed by atoms with Crippen molar-refractivity contribution in [3.8, 4) is 0 Å². The van der Waals surface area contributed by atoms with Gasteiger partial charge in [0, 0.05) is 84.6 Å². The fraction of sp³-hybridized carbons (Fsp3) is 0.552. The summed E-state index contributed by atoms with van der Waals surface area (Å²) < 4.78 is 0. The predicted octanol–water partition coefficient (Wildman–Crippen LogP) is -5.53. The Kier molecular flexibility index (Phi) is 36.9. The van der Waals surface area contributed by atoms with Gasteiger partial charge in [-0.15, -0.1) is 0 Å². The number of hydrogen-bond acceptors (Lipinski definition) is 22. The summed E-state index contributed by atoms with van der Waals surface area (Å²) in [6.45, 7) is 9.74. The maximum absolute atomic E-state index is 14.9. The molecule has 42 heteroatoms. The van der Waals surface area contributed by atoms with Crippen LogP contribution >= 0.6 is 21.6 Å². The number of H-pyrrole nitrogens is 3. The number of aliphatic carboxylic acids is 1. The van der Waals surface area contributed by atoms with Gasteiger partial charge in [0.2, 0.25) is 82.7 Å². The third-order valence-electron chi connectivity index (χ3n) is 17.3. The van der Waals surface area contributed by atoms with Crippen LogP contribution in [0.2, 0.25) is 0 Å². The standard InChI is InChI=1S/C66H99N23O17S2.CH4/c1-8-32(6)50(68)63(104)86-46-27-108-107-26-45(62(103)89-53(33(7)90)54(69)95)85-56(97)39(14-11-17-74-66(70)71)80-59(100)43(20-36-24-73-29-78-36)83-58(99)42(19-35-23-72-28-77-35)79-48(92)25-76-55(96)41(18-34-22-75-38-13-10-9-12-37(34)38)82-60(101)44(21-49(93)94)84-57(98)40(15-16-47(67)91)81-64(105)51(30(2)3)88-65(106)52(31(4)5)87-61(46)102;/h9-10,12-13,22-24,28-33,39-46,50-53,75,90H,8,11,14-21,25-27,68H2,1-7H3,(H2,67,91)(H2,69,95)(H,72,77)(H,73,78)(H,76,96)(H,79,92)(H,80,100)(H,81,105)(H,82,101)(H,83,99)(H,84,98)(H,85,97)(H,86,104)(H,87,102)(H,88,106)(H,89,103)(H,93,94)(H4,70,71,74);1H4/t32-,33+,39-,40-,41-,42-,43-,44-,45-,46-,50-,51-,52-,53-;/m0./s1. The number of aromatic nitrogens is 5. The van der Waals surface area contributed by atoms with Crippen LogP contribution in [-0.4, -0.2) is 233 Å². The Labute approximate surface area is 635 Å². The number of fused-ring (bicyclic) bond motifs is 1. The van der Waals surface area contributed by atoms with E-state index in [2.05, 4.69) is 93.7 Å². The van der Waals surface area contributed by atoms with E-state index in [4.69, 9.17) is 28.7 Å². The summed E-state index contributed by atoms with van der Waals surface area (Å²) in [5.41, 5.74) is 30.2. The first-order valence-corrected chi connectivity index (χ1v) is 37.2. The quantitative estimate of drug-likeness (QED) is 0.0127. The molecule has 1 saturated heterocycles. The number of carboxylic acid groups (broad SMARTS) is 1. The minimum absolute atomic E-state index is 0. The summed E-state index contributed by atoms with van der Waals surface area (Å²) >= 11 is 0. The van der Waals surface area contributed by atoms with Crippen LogP contribution in [0.5, 0.6) is 0 Å². The van der Waals surface area contributed by atoms with Crippen LogP contribution in [0, 0.1) is 17.8 Å². The maximum Gasteiger partial charge on any atom is 0.305 e. The Balaban J connectivity index is 0.0000251. The first-order chi connectivity index (χ1) is 51.1. The normalized spacial score (nSPS) is 23.0. The van der Waals surface area contributed by atoms with Crippen LogP contribution in [0.25, 0.3) is 10.9 Å². The minimum atomic E-state index is -2.04. The van der Waals surface area contributed by atoms with Crippen molar-refractivity contribution in [2.24, 2.45) is 51.4 Å². The highest BCUT2D eigenvalue weighted by Crippen LogP contribution is 2.25. The lowest BCUT2D eigenvalue weighted by molar-refractivity contribution is -0.141. The van der Waals surface area contributed by atoms with Gasteiger partial charge < -0.3 is 118 Å². The number of nitrogens with one attached hydrogen (secondary N) is 15. The molecule has 1 aromatic carbocycles. The van der Waals surface area contributed by atoms with Crippen LogP contribution in [0.1, 0.15) is 111 Å². The van der Waals surface area contributed by atoms with E-state index in [1.807, 2.05) is 0 Å². The highest BCUT2D eigenvalue weighted by atomic mass is 33.1. The SMILES string of the molecule is C.CC[C@H](C)[C@H](N)C(=O)N[C@H]1CSSC[C@@H](C(=O)N[C@H](C(N)=O)[C@@H](C)O)NC(=O)[C@H](CCCN=C(N)N)NC(=O)[C@H](Cc2cnc[nH]2)NC(=O)[C@H](Cc2cnc[nH]2)NC(=O)CNC(=O)[C@H](Cc2c[nH]c3ccccc23)NC(=O)[C@H](CC(=O)O)NC(=O)[C@H](CCC(N)=O)NC(=O)[C@H](C(C)C)NC(=O)[C@H](C(C)C)NC1=O. The number of imidazole rings is 2. The van der Waals surface area contributed by atoms with Crippen LogP contribution in [-0.2, 0) is 91.2 Å². The molecule has 4 aromatic rings. The molecule has 40 nitrogen and oxygen atoms in total. The number of carbonyl (C=O) groups is 15. The summed E-state index contributed by atoms with van der Waals surface area (Å²) in [4.78, 5) is 232. The van der Waals surface area contributed by atoms with Gasteiger partial charge in [-0.1, -0.05) is 95.2 Å². The fourth-order valence-corrected chi connectivity index (χ4v) is 13.2. The molecule has 1 fully saturated rings. The predicted molar refractivity (Wildman–Crippen MR) is 401 cm³/mol. The Morgan fingerprint density at radius 2 is 1.14 bits per heavy atom. The Morgan fingerprint density at radius 1 is 0.624 bits per heavy atom. The van der Waals surface area contributed by atoms with Gasteiger partial charge in [-0.05, 0) is 55.6 Å². The molecule has 3 aromatic heterocycles. The minimum Gasteiger partial charge on any atom is -0.481 e. The molecule has 0 saturated carbocycles. The fourth-order valence-electron chi connectivity index (χ4n) is 10.9. The number of guanidine groups is 1. The molecule has 0 spiro atoms. The second-order valence-electron chi connectivity index (χ2n) is 26.5. The van der Waals surface area contributed by atoms with Crippen LogP contribution in [0.3, 0.4) is 0 Å². The molecule has 14 amide bonds. The van der Waals surface area contributed by atoms with Gasteiger partial charge in [-0.3, -0.25) is 76.9 Å². The van der Waals surface area contributed by atoms with Crippen molar-refractivity contribution in [1.29, 1.82) is 0 Å². The summed E-state index contributed by atoms with van der Waals surface area (Å²) in [6.07, 6.45) is 2.04. The number of aliphatic hydroxyl groups excluding tert-OH is 1. The molecule has 600 valence electrons. The number of rotatable bonds is 25. The van der Waals surface area contributed by atoms with Gasteiger partial charge in [0.25, 0.3) is 0 Å². The van der Waals surface area contributed by atoms with E-state index in [9.17, 15) is 82.1 Å². The average Bonchev–Trinajstić information content (AvgIpc) is 1.76. The number of para-hydroxylation sites is 1. The summed E-state index contributed by atoms with van der Waals surface area (Å²) in [6, 6.07) is -12.7. The highest BCUT2D eigenvalue weighted by Gasteiger charge is 2.39. The molecule has 14 atom stereocenters. The smallest absolute Gasteiger partial charge is 0.305 e. The van der Waals surface area contributed by atoms with E-state index in [0.717, 1.165) is 28.5 Å². The van der Waals surface area contributed by atoms with Gasteiger partial charge in [-0.25, -0.2) is 9.97 Å². The molecule has 5 rings (SSSR count). The molecular weight excluding hydrogens is 1460 g/mol. The molecule has 0 bridgehead atoms. The van der Waals surface area contributed by atoms with Crippen molar-refractivity contribution < 1.29 is 82.1 Å². The van der Waals surface area contributed by atoms with Gasteiger partial charge in [0.15, 0.2) is 5.96 Å². The van der Waals surface area contributed by atoms with Gasteiger partial charge >= 0.3 is 5.97 Å². The first-order valence-electron chi connectivity index (χ1n) is 34.7. The van der Waals surface area contributed by atoms with Crippen molar-refractivity contribution >= 4 is 127 Å². The third-order valence-corrected chi connectivity index (χ3v) is 19.7. The Bertz CT molecular complexity index is 3820. The first kappa shape index (κ1) is 90.5. The number of primary amides is 2. The van der Waals surface area contributed by atoms with Crippen molar-refractivity contribution in [2.45, 2.75) is 192 Å². The number of carboxylic acids is 1. The molecule has 0 radical (unpaired) electrons. The molecule has 109 heavy (non-hydrogen) atoms. The monoisotopic (exact) mass is 1570 g/mol. The number of nitrogens with two attached hydrogens (primary N) is 5. The molecule has 0 unspecified atom stereocenters. The topological polar surface area (TPSA) is 656 Å². The van der Waals surface area contributed by atoms with Gasteiger partial charge in [0.1, 0.15) is 66.5 Å². The lowest BCUT2D eigenvalue weighted by Crippen LogP contribution is -2.62. The second-order valence-corrected chi connectivity index (χ2v) is 29.1. The van der Waals surface area contributed by atoms with Crippen LogP contribution in [0.4, 0.5) is 0 Å². The number of carbonyl (C=O) groups excluding carboxylic acids is 14. The average molecular weight is 1570 g/mol. The molecule has 4 heterocycles. The summed E-state index contributed by atoms with van der Waals surface area (Å²) in [7, 11) is 1.71. The van der Waals surface area contributed by atoms with E-state index < -0.39 is 217 Å². The number of benzene rings is 1. The van der Waals surface area contributed by atoms with E-state index in [0.29, 0.717) is 22.9 Å². The van der Waals surface area contributed by atoms with Crippen molar-refractivity contribution in [3.05, 3.63) is 72.5 Å². The lowest BCUT2D eigenvalue weighted by atomic mass is 9.98. The number of aliphatic hydroxyl groups is 1. The molecule has 1 aliphatic heterocycles. The van der Waals surface area contributed by atoms with E-state index in [1.165, 1.54) is 45.1 Å². The number of aliphatic imine (C=N–C) groups is 1. The summed E-state index contributed by atoms with van der Waals surface area (Å²) in [5, 5.41) is 51.4. The molecule has 0 aliphatic carbocycles. The summed E-state index contributed by atoms with van der Waals surface area (Å²) in [5.74, 6) is -19.4. The lowest BCUT2D eigenvalue weighted by Gasteiger charge is -2.30. The van der Waals surface area contributed by atoms with Crippen LogP contribution < -0.4 is 92.5 Å². The van der Waals surface area contributed by atoms with Crippen molar-refractivity contribution in [2.75, 3.05) is 24.6 Å². The van der Waals surface area contributed by atoms with Gasteiger partial charge in [0.05, 0.1) is 37.8 Å². The molecular formula is C67H103N23O17S2. The largest absolute Gasteiger partial charge is 0.481 e. The number of hydrogen-bond donors (Lipinski definition) is 22. The highest BCUT2D eigenvalue weighted by molar-refractivity contribution is 8.76. The number of amides is 14. The van der Waals surface area contributed by atoms with Crippen LogP contribution in [0.15, 0.2) is 60.5 Å². The van der Waals surface area contributed by atoms with E-state index in [-0.39, 0.29) is 69.2 Å². The number of nitrogens with zero attached hydrogens (tertiary/aromatic N) is 3. The number of aromatic amines is 3.